The van der Waals surface area contributed by atoms with Gasteiger partial charge in [-0.1, -0.05) is 17.7 Å². The molecule has 1 aromatic rings. The smallest absolute Gasteiger partial charge is 0.696 e. The van der Waals surface area contributed by atoms with Crippen molar-refractivity contribution in [1.82, 2.24) is 0 Å². The van der Waals surface area contributed by atoms with Gasteiger partial charge in [0.05, 0.1) is 0 Å². The van der Waals surface area contributed by atoms with Crippen molar-refractivity contribution in [2.45, 2.75) is 0 Å². The topological polar surface area (TPSA) is 23.8 Å². The van der Waals surface area contributed by atoms with Crippen LogP contribution in [0.4, 0.5) is 10.1 Å². The fourth-order valence-corrected chi connectivity index (χ4v) is 0.648. The summed E-state index contributed by atoms with van der Waals surface area (Å²) in [6, 6.07) is 3.91. The standard InChI is InChI=1S/C6H4ClFN.Li/c7-4-1-2-6(9)5(8)3-4;/h1-3,9H;/q-1;+1. The van der Waals surface area contributed by atoms with Gasteiger partial charge < -0.3 is 5.73 Å². The molecule has 0 bridgehead atoms. The van der Waals surface area contributed by atoms with Crippen molar-refractivity contribution in [3.63, 3.8) is 0 Å². The van der Waals surface area contributed by atoms with Gasteiger partial charge in [-0.15, -0.1) is 5.69 Å². The van der Waals surface area contributed by atoms with E-state index in [1.54, 1.807) is 0 Å². The van der Waals surface area contributed by atoms with Gasteiger partial charge in [-0.3, -0.25) is 0 Å². The molecule has 0 fully saturated rings. The molecule has 1 rings (SSSR count). The summed E-state index contributed by atoms with van der Waals surface area (Å²) in [6.07, 6.45) is 0. The van der Waals surface area contributed by atoms with Crippen LogP contribution in [0.2, 0.25) is 5.02 Å². The van der Waals surface area contributed by atoms with E-state index in [1.807, 2.05) is 0 Å². The SMILES string of the molecule is [Li+].[NH-]c1ccc(Cl)cc1F. The molecule has 1 nitrogen and oxygen atoms in total. The minimum atomic E-state index is -0.581. The summed E-state index contributed by atoms with van der Waals surface area (Å²) in [5, 5.41) is 0.323. The normalized spacial score (nSPS) is 8.60. The molecule has 0 aliphatic heterocycles. The molecule has 10 heavy (non-hydrogen) atoms. The van der Waals surface area contributed by atoms with Gasteiger partial charge in [0.15, 0.2) is 0 Å². The van der Waals surface area contributed by atoms with E-state index in [9.17, 15) is 4.39 Å². The molecular weight excluding hydrogens is 147 g/mol. The molecule has 0 amide bonds. The summed E-state index contributed by atoms with van der Waals surface area (Å²) in [5.41, 5.74) is 6.76. The first kappa shape index (κ1) is 9.84. The van der Waals surface area contributed by atoms with Crippen molar-refractivity contribution in [3.05, 3.63) is 34.8 Å². The number of hydrogen-bond donors (Lipinski definition) is 0. The van der Waals surface area contributed by atoms with Gasteiger partial charge >= 0.3 is 18.9 Å². The van der Waals surface area contributed by atoms with Crippen molar-refractivity contribution in [3.8, 4) is 0 Å². The zero-order chi connectivity index (χ0) is 6.85. The van der Waals surface area contributed by atoms with Gasteiger partial charge in [-0.05, 0) is 12.1 Å². The summed E-state index contributed by atoms with van der Waals surface area (Å²) in [5.74, 6) is -0.581. The second kappa shape index (κ2) is 3.87. The molecule has 0 spiro atoms. The molecule has 4 heteroatoms. The van der Waals surface area contributed by atoms with Crippen LogP contribution in [-0.2, 0) is 0 Å². The van der Waals surface area contributed by atoms with Gasteiger partial charge in [0.25, 0.3) is 0 Å². The third kappa shape index (κ3) is 2.22. The van der Waals surface area contributed by atoms with Crippen LogP contribution in [0.1, 0.15) is 0 Å². The predicted molar refractivity (Wildman–Crippen MR) is 35.4 cm³/mol. The van der Waals surface area contributed by atoms with Crippen LogP contribution in [0.25, 0.3) is 5.73 Å². The van der Waals surface area contributed by atoms with Crippen LogP contribution in [0.15, 0.2) is 18.2 Å². The number of nitrogens with one attached hydrogen (secondary N) is 1. The second-order valence-corrected chi connectivity index (χ2v) is 2.06. The van der Waals surface area contributed by atoms with Crippen LogP contribution in [-0.4, -0.2) is 0 Å². The van der Waals surface area contributed by atoms with Crippen molar-refractivity contribution >= 4 is 17.3 Å². The Kier molecular flexibility index (Phi) is 3.81. The molecule has 0 aromatic heterocycles. The molecule has 0 aliphatic carbocycles. The van der Waals surface area contributed by atoms with Crippen molar-refractivity contribution in [2.75, 3.05) is 0 Å². The average Bonchev–Trinajstić information content (AvgIpc) is 1.80. The monoisotopic (exact) mass is 151 g/mol. The maximum atomic E-state index is 12.3. The summed E-state index contributed by atoms with van der Waals surface area (Å²) >= 11 is 5.39. The molecule has 0 saturated heterocycles. The molecule has 0 atom stereocenters. The van der Waals surface area contributed by atoms with Crippen molar-refractivity contribution in [1.29, 1.82) is 0 Å². The molecule has 0 unspecified atom stereocenters. The number of rotatable bonds is 0. The average molecular weight is 151 g/mol. The van der Waals surface area contributed by atoms with Crippen LogP contribution in [0.3, 0.4) is 0 Å². The van der Waals surface area contributed by atoms with E-state index in [0.717, 1.165) is 6.07 Å². The Morgan fingerprint density at radius 1 is 1.40 bits per heavy atom. The fourth-order valence-electron chi connectivity index (χ4n) is 0.489. The summed E-state index contributed by atoms with van der Waals surface area (Å²) < 4.78 is 12.3. The van der Waals surface area contributed by atoms with E-state index in [1.165, 1.54) is 12.1 Å². The van der Waals surface area contributed by atoms with Gasteiger partial charge in [-0.2, -0.15) is 0 Å². The van der Waals surface area contributed by atoms with Crippen LogP contribution in [0.5, 0.6) is 0 Å². The van der Waals surface area contributed by atoms with Gasteiger partial charge in [0, 0.05) is 5.02 Å². The Hall–Kier alpha value is -0.163. The number of hydrogen-bond acceptors (Lipinski definition) is 0. The Balaban J connectivity index is 0.000000810. The van der Waals surface area contributed by atoms with Gasteiger partial charge in [0.2, 0.25) is 0 Å². The molecule has 1 N–H and O–H groups in total. The molecule has 0 heterocycles. The van der Waals surface area contributed by atoms with Crippen LogP contribution in [0, 0.1) is 5.82 Å². The van der Waals surface area contributed by atoms with E-state index in [0.29, 0.717) is 5.02 Å². The molecule has 0 radical (unpaired) electrons. The largest absolute Gasteiger partial charge is 1.00 e. The number of halogens is 2. The predicted octanol–water partition coefficient (Wildman–Crippen LogP) is 0.167. The van der Waals surface area contributed by atoms with Gasteiger partial charge in [0.1, 0.15) is 5.82 Å². The molecule has 0 saturated carbocycles. The van der Waals surface area contributed by atoms with Crippen LogP contribution < -0.4 is 18.9 Å². The quantitative estimate of drug-likeness (QED) is 0.472. The first-order chi connectivity index (χ1) is 4.20. The van der Waals surface area contributed by atoms with E-state index in [2.05, 4.69) is 0 Å². The van der Waals surface area contributed by atoms with E-state index in [-0.39, 0.29) is 24.5 Å². The zero-order valence-corrected chi connectivity index (χ0v) is 6.24. The van der Waals surface area contributed by atoms with Gasteiger partial charge in [-0.25, -0.2) is 4.39 Å². The Morgan fingerprint density at radius 3 is 2.40 bits per heavy atom. The first-order valence-corrected chi connectivity index (χ1v) is 2.74. The summed E-state index contributed by atoms with van der Waals surface area (Å²) in [6.45, 7) is 0. The first-order valence-electron chi connectivity index (χ1n) is 2.37. The molecule has 1 aromatic carbocycles. The van der Waals surface area contributed by atoms with Crippen molar-refractivity contribution < 1.29 is 23.3 Å². The maximum Gasteiger partial charge on any atom is 1.00 e. The van der Waals surface area contributed by atoms with E-state index < -0.39 is 5.82 Å². The molecular formula is C6H4ClFLiN. The fraction of sp³-hybridized carbons (Fsp3) is 0. The Morgan fingerprint density at radius 2 is 2.00 bits per heavy atom. The van der Waals surface area contributed by atoms with E-state index in [4.69, 9.17) is 17.3 Å². The van der Waals surface area contributed by atoms with Crippen LogP contribution >= 0.6 is 11.6 Å². The van der Waals surface area contributed by atoms with Crippen molar-refractivity contribution in [2.24, 2.45) is 0 Å². The molecule has 48 valence electrons. The molecule has 0 aliphatic rings. The third-order valence-corrected chi connectivity index (χ3v) is 1.17. The second-order valence-electron chi connectivity index (χ2n) is 1.62. The third-order valence-electron chi connectivity index (χ3n) is 0.931. The maximum absolute atomic E-state index is 12.3. The zero-order valence-electron chi connectivity index (χ0n) is 5.49. The minimum Gasteiger partial charge on any atom is -0.696 e. The Bertz CT molecular complexity index is 229. The summed E-state index contributed by atoms with van der Waals surface area (Å²) in [7, 11) is 0. The summed E-state index contributed by atoms with van der Waals surface area (Å²) in [4.78, 5) is 0. The minimum absolute atomic E-state index is 0. The number of benzene rings is 1. The van der Waals surface area contributed by atoms with E-state index >= 15 is 0 Å². The Labute approximate surface area is 75.5 Å².